The van der Waals surface area contributed by atoms with Gasteiger partial charge in [0.25, 0.3) is 0 Å². The molecule has 7 aromatic carbocycles. The predicted molar refractivity (Wildman–Crippen MR) is 199 cm³/mol. The van der Waals surface area contributed by atoms with Crippen LogP contribution in [-0.4, -0.2) is 9.13 Å². The molecule has 6 heteroatoms. The van der Waals surface area contributed by atoms with E-state index in [4.69, 9.17) is 8.83 Å². The zero-order valence-corrected chi connectivity index (χ0v) is 26.3. The number of nitrogens with zero attached hydrogens (tertiary/aromatic N) is 4. The molecule has 4 aromatic heterocycles. The van der Waals surface area contributed by atoms with Crippen LogP contribution in [0.4, 0.5) is 0 Å². The molecule has 0 amide bonds. The van der Waals surface area contributed by atoms with Crippen molar-refractivity contribution in [3.63, 3.8) is 0 Å². The Morgan fingerprint density at radius 3 is 1.48 bits per heavy atom. The fraction of sp³-hybridized carbons (Fsp3) is 0. The largest absolute Gasteiger partial charge is 0.454 e. The van der Waals surface area contributed by atoms with Crippen LogP contribution in [0.2, 0.25) is 0 Å². The second kappa shape index (κ2) is 9.64. The number of aromatic nitrogens is 2. The number of fused-ring (bicyclic) bond motifs is 14. The molecule has 0 unspecified atom stereocenters. The average Bonchev–Trinajstić information content (AvgIpc) is 3.92. The normalized spacial score (nSPS) is 12.0. The molecule has 0 fully saturated rings. The Morgan fingerprint density at radius 2 is 0.920 bits per heavy atom. The summed E-state index contributed by atoms with van der Waals surface area (Å²) in [6.07, 6.45) is 0. The van der Waals surface area contributed by atoms with Gasteiger partial charge in [0, 0.05) is 48.8 Å². The van der Waals surface area contributed by atoms with Gasteiger partial charge >= 0.3 is 0 Å². The van der Waals surface area contributed by atoms with Crippen LogP contribution in [0.3, 0.4) is 0 Å². The summed E-state index contributed by atoms with van der Waals surface area (Å²) in [5, 5.41) is 29.5. The third-order valence-electron chi connectivity index (χ3n) is 10.2. The van der Waals surface area contributed by atoms with E-state index >= 15 is 0 Å². The first-order valence-electron chi connectivity index (χ1n) is 16.4. The minimum absolute atomic E-state index is 0.283. The number of furan rings is 2. The fourth-order valence-corrected chi connectivity index (χ4v) is 8.10. The van der Waals surface area contributed by atoms with Gasteiger partial charge in [0.2, 0.25) is 0 Å². The molecule has 0 saturated heterocycles. The lowest BCUT2D eigenvalue weighted by molar-refractivity contribution is 0.671. The number of nitriles is 2. The number of benzene rings is 7. The SMILES string of the molecule is N#Cc1cc(-n2c3ccccc3c3ccc4c5ccccc5oc4c32)cc(-n2c3ccccc3c3ccc4c5ccccc5oc4c32)c1C#N. The van der Waals surface area contributed by atoms with E-state index in [1.807, 2.05) is 72.8 Å². The summed E-state index contributed by atoms with van der Waals surface area (Å²) in [5.74, 6) is 0. The summed E-state index contributed by atoms with van der Waals surface area (Å²) in [7, 11) is 0. The maximum Gasteiger partial charge on any atom is 0.160 e. The van der Waals surface area contributed by atoms with E-state index in [1.54, 1.807) is 0 Å². The topological polar surface area (TPSA) is 83.7 Å². The molecule has 6 nitrogen and oxygen atoms in total. The molecule has 0 bridgehead atoms. The average molecular weight is 639 g/mol. The molecule has 50 heavy (non-hydrogen) atoms. The summed E-state index contributed by atoms with van der Waals surface area (Å²) >= 11 is 0. The van der Waals surface area contributed by atoms with Gasteiger partial charge in [-0.2, -0.15) is 10.5 Å². The minimum Gasteiger partial charge on any atom is -0.454 e. The Bertz CT molecular complexity index is 3360. The van der Waals surface area contributed by atoms with Crippen molar-refractivity contribution >= 4 is 87.5 Å². The van der Waals surface area contributed by atoms with Gasteiger partial charge in [0.15, 0.2) is 11.2 Å². The van der Waals surface area contributed by atoms with Crippen molar-refractivity contribution in [3.05, 3.63) is 145 Å². The molecule has 4 heterocycles. The van der Waals surface area contributed by atoms with Crippen LogP contribution in [0.5, 0.6) is 0 Å². The van der Waals surface area contributed by atoms with Gasteiger partial charge in [0.1, 0.15) is 23.3 Å². The van der Waals surface area contributed by atoms with E-state index in [1.165, 1.54) is 0 Å². The second-order valence-corrected chi connectivity index (χ2v) is 12.7. The first kappa shape index (κ1) is 26.8. The Balaban J connectivity index is 1.33. The van der Waals surface area contributed by atoms with Crippen molar-refractivity contribution < 1.29 is 8.83 Å². The summed E-state index contributed by atoms with van der Waals surface area (Å²) < 4.78 is 17.5. The lowest BCUT2D eigenvalue weighted by Crippen LogP contribution is -2.04. The van der Waals surface area contributed by atoms with Gasteiger partial charge in [-0.05, 0) is 48.5 Å². The Kier molecular flexibility index (Phi) is 5.16. The van der Waals surface area contributed by atoms with Crippen LogP contribution in [0.15, 0.2) is 142 Å². The summed E-state index contributed by atoms with van der Waals surface area (Å²) in [6, 6.07) is 49.7. The van der Waals surface area contributed by atoms with Crippen molar-refractivity contribution in [3.8, 4) is 23.5 Å². The maximum atomic E-state index is 10.7. The highest BCUT2D eigenvalue weighted by molar-refractivity contribution is 6.23. The second-order valence-electron chi connectivity index (χ2n) is 12.7. The van der Waals surface area contributed by atoms with E-state index in [2.05, 4.69) is 81.9 Å². The Hall–Kier alpha value is -7.28. The van der Waals surface area contributed by atoms with Gasteiger partial charge in [0.05, 0.1) is 38.9 Å². The smallest absolute Gasteiger partial charge is 0.160 e. The van der Waals surface area contributed by atoms with Crippen molar-refractivity contribution in [1.29, 1.82) is 10.5 Å². The lowest BCUT2D eigenvalue weighted by atomic mass is 10.0. The standard InChI is InChI=1S/C44H22N4O2/c45-23-25-21-26(47-36-13-5-1-9-27(36)31-17-19-33-29-11-3-7-15-39(29)49-43(33)41(31)47)22-38(35(25)24-46)48-37-14-6-2-10-28(37)32-18-20-34-30-12-4-8-16-40(30)50-44(34)42(32)48/h1-22H. The van der Waals surface area contributed by atoms with Gasteiger partial charge in [-0.3, -0.25) is 0 Å². The number of rotatable bonds is 2. The molecule has 0 N–H and O–H groups in total. The first-order valence-corrected chi connectivity index (χ1v) is 16.4. The molecule has 11 rings (SSSR count). The van der Waals surface area contributed by atoms with Crippen LogP contribution in [0.1, 0.15) is 11.1 Å². The summed E-state index contributed by atoms with van der Waals surface area (Å²) in [6.45, 7) is 0. The zero-order valence-electron chi connectivity index (χ0n) is 26.3. The molecule has 0 aliphatic heterocycles. The van der Waals surface area contributed by atoms with E-state index in [0.717, 1.165) is 93.2 Å². The van der Waals surface area contributed by atoms with Crippen molar-refractivity contribution in [1.82, 2.24) is 9.13 Å². The third kappa shape index (κ3) is 3.34. The number of para-hydroxylation sites is 4. The molecular weight excluding hydrogens is 617 g/mol. The molecular formula is C44H22N4O2. The first-order chi connectivity index (χ1) is 24.7. The monoisotopic (exact) mass is 638 g/mol. The van der Waals surface area contributed by atoms with Crippen LogP contribution >= 0.6 is 0 Å². The van der Waals surface area contributed by atoms with Gasteiger partial charge in [-0.15, -0.1) is 0 Å². The fourth-order valence-electron chi connectivity index (χ4n) is 8.10. The number of hydrogen-bond acceptors (Lipinski definition) is 4. The summed E-state index contributed by atoms with van der Waals surface area (Å²) in [4.78, 5) is 0. The highest BCUT2D eigenvalue weighted by Crippen LogP contribution is 2.43. The molecule has 0 aliphatic rings. The molecule has 11 aromatic rings. The van der Waals surface area contributed by atoms with Crippen LogP contribution in [-0.2, 0) is 0 Å². The zero-order chi connectivity index (χ0) is 33.1. The predicted octanol–water partition coefficient (Wildman–Crippen LogP) is 11.4. The van der Waals surface area contributed by atoms with Crippen molar-refractivity contribution in [2.24, 2.45) is 0 Å². The molecule has 0 spiro atoms. The Morgan fingerprint density at radius 1 is 0.440 bits per heavy atom. The van der Waals surface area contributed by atoms with E-state index in [0.29, 0.717) is 11.3 Å². The molecule has 0 aliphatic carbocycles. The minimum atomic E-state index is 0.283. The Labute approximate surface area is 283 Å². The third-order valence-corrected chi connectivity index (χ3v) is 10.2. The molecule has 0 saturated carbocycles. The molecule has 0 radical (unpaired) electrons. The molecule has 230 valence electrons. The number of hydrogen-bond donors (Lipinski definition) is 0. The highest BCUT2D eigenvalue weighted by Gasteiger charge is 2.25. The molecule has 0 atom stereocenters. The van der Waals surface area contributed by atoms with E-state index in [9.17, 15) is 10.5 Å². The highest BCUT2D eigenvalue weighted by atomic mass is 16.3. The van der Waals surface area contributed by atoms with Gasteiger partial charge in [-0.25, -0.2) is 0 Å². The van der Waals surface area contributed by atoms with E-state index in [-0.39, 0.29) is 5.56 Å². The van der Waals surface area contributed by atoms with Gasteiger partial charge in [-0.1, -0.05) is 84.9 Å². The van der Waals surface area contributed by atoms with Crippen molar-refractivity contribution in [2.45, 2.75) is 0 Å². The summed E-state index contributed by atoms with van der Waals surface area (Å²) in [5.41, 5.74) is 8.66. The van der Waals surface area contributed by atoms with Crippen LogP contribution < -0.4 is 0 Å². The van der Waals surface area contributed by atoms with Crippen LogP contribution in [0.25, 0.3) is 98.9 Å². The van der Waals surface area contributed by atoms with Crippen LogP contribution in [0, 0.1) is 22.7 Å². The van der Waals surface area contributed by atoms with Gasteiger partial charge < -0.3 is 18.0 Å². The lowest BCUT2D eigenvalue weighted by Gasteiger charge is -2.15. The van der Waals surface area contributed by atoms with Crippen molar-refractivity contribution in [2.75, 3.05) is 0 Å². The maximum absolute atomic E-state index is 10.7. The van der Waals surface area contributed by atoms with E-state index < -0.39 is 0 Å². The quantitative estimate of drug-likeness (QED) is 0.189.